The fraction of sp³-hybridized carbons (Fsp3) is 0.429. The molecule has 0 saturated carbocycles. The van der Waals surface area contributed by atoms with Crippen LogP contribution >= 0.6 is 12.4 Å². The molecule has 0 aliphatic rings. The van der Waals surface area contributed by atoms with E-state index in [4.69, 9.17) is 19.9 Å². The van der Waals surface area contributed by atoms with E-state index in [0.717, 1.165) is 18.4 Å². The third kappa shape index (κ3) is 4.04. The minimum absolute atomic E-state index is 0. The molecule has 0 aliphatic carbocycles. The van der Waals surface area contributed by atoms with E-state index in [1.165, 1.54) is 0 Å². The summed E-state index contributed by atoms with van der Waals surface area (Å²) >= 11 is 0. The molecule has 0 radical (unpaired) electrons. The van der Waals surface area contributed by atoms with Gasteiger partial charge in [0.05, 0.1) is 21.3 Å². The van der Waals surface area contributed by atoms with Gasteiger partial charge in [0.2, 0.25) is 5.75 Å². The topological polar surface area (TPSA) is 53.7 Å². The SMILES string of the molecule is C=CCC[C@H](N)c1ccc(OC)c(OC)c1OC.Cl. The van der Waals surface area contributed by atoms with E-state index >= 15 is 0 Å². The van der Waals surface area contributed by atoms with Crippen LogP contribution in [0.2, 0.25) is 0 Å². The van der Waals surface area contributed by atoms with Gasteiger partial charge in [0.25, 0.3) is 0 Å². The number of methoxy groups -OCH3 is 3. The van der Waals surface area contributed by atoms with Gasteiger partial charge in [-0.25, -0.2) is 0 Å². The Morgan fingerprint density at radius 2 is 1.79 bits per heavy atom. The first-order valence-electron chi connectivity index (χ1n) is 5.84. The second-order valence-corrected chi connectivity index (χ2v) is 3.90. The molecule has 1 aromatic rings. The van der Waals surface area contributed by atoms with Crippen molar-refractivity contribution >= 4 is 12.4 Å². The van der Waals surface area contributed by atoms with Crippen LogP contribution in [0.25, 0.3) is 0 Å². The third-order valence-corrected chi connectivity index (χ3v) is 2.82. The van der Waals surface area contributed by atoms with Crippen LogP contribution in [0.3, 0.4) is 0 Å². The molecular formula is C14H22ClNO3. The lowest BCUT2D eigenvalue weighted by Crippen LogP contribution is -2.12. The number of hydrogen-bond acceptors (Lipinski definition) is 4. The van der Waals surface area contributed by atoms with E-state index in [2.05, 4.69) is 6.58 Å². The second kappa shape index (κ2) is 8.67. The lowest BCUT2D eigenvalue weighted by atomic mass is 10.0. The van der Waals surface area contributed by atoms with Crippen molar-refractivity contribution < 1.29 is 14.2 Å². The minimum Gasteiger partial charge on any atom is -0.493 e. The standard InChI is InChI=1S/C14H21NO3.ClH/c1-5-6-7-11(15)10-8-9-12(16-2)14(18-4)13(10)17-3;/h5,8-9,11H,1,6-7,15H2,2-4H3;1H/t11-;/m0./s1. The monoisotopic (exact) mass is 287 g/mol. The van der Waals surface area contributed by atoms with Gasteiger partial charge in [0.1, 0.15) is 0 Å². The molecule has 0 unspecified atom stereocenters. The maximum atomic E-state index is 6.15. The van der Waals surface area contributed by atoms with E-state index in [1.807, 2.05) is 18.2 Å². The van der Waals surface area contributed by atoms with Crippen LogP contribution in [-0.2, 0) is 0 Å². The van der Waals surface area contributed by atoms with Crippen molar-refractivity contribution in [2.45, 2.75) is 18.9 Å². The smallest absolute Gasteiger partial charge is 0.203 e. The van der Waals surface area contributed by atoms with Gasteiger partial charge in [0, 0.05) is 11.6 Å². The number of nitrogens with two attached hydrogens (primary N) is 1. The summed E-state index contributed by atoms with van der Waals surface area (Å²) in [5, 5.41) is 0. The Kier molecular flexibility index (Phi) is 8.03. The van der Waals surface area contributed by atoms with Crippen LogP contribution in [0, 0.1) is 0 Å². The van der Waals surface area contributed by atoms with E-state index in [9.17, 15) is 0 Å². The van der Waals surface area contributed by atoms with Gasteiger partial charge in [-0.05, 0) is 25.0 Å². The Hall–Kier alpha value is -1.39. The summed E-state index contributed by atoms with van der Waals surface area (Å²) in [6, 6.07) is 3.64. The molecule has 1 atom stereocenters. The van der Waals surface area contributed by atoms with Crippen LogP contribution < -0.4 is 19.9 Å². The summed E-state index contributed by atoms with van der Waals surface area (Å²) in [4.78, 5) is 0. The van der Waals surface area contributed by atoms with E-state index in [0.29, 0.717) is 17.2 Å². The van der Waals surface area contributed by atoms with Crippen LogP contribution in [0.15, 0.2) is 24.8 Å². The highest BCUT2D eigenvalue weighted by Crippen LogP contribution is 2.42. The predicted molar refractivity (Wildman–Crippen MR) is 79.7 cm³/mol. The first kappa shape index (κ1) is 17.6. The lowest BCUT2D eigenvalue weighted by Gasteiger charge is -2.19. The second-order valence-electron chi connectivity index (χ2n) is 3.90. The third-order valence-electron chi connectivity index (χ3n) is 2.82. The van der Waals surface area contributed by atoms with E-state index in [1.54, 1.807) is 21.3 Å². The minimum atomic E-state index is -0.113. The molecule has 0 heterocycles. The van der Waals surface area contributed by atoms with Gasteiger partial charge in [-0.1, -0.05) is 6.08 Å². The van der Waals surface area contributed by atoms with Gasteiger partial charge in [-0.2, -0.15) is 0 Å². The van der Waals surface area contributed by atoms with Crippen LogP contribution in [0.4, 0.5) is 0 Å². The number of allylic oxidation sites excluding steroid dienone is 1. The van der Waals surface area contributed by atoms with Crippen LogP contribution in [0.1, 0.15) is 24.4 Å². The highest BCUT2D eigenvalue weighted by atomic mass is 35.5. The maximum Gasteiger partial charge on any atom is 0.203 e. The molecule has 0 saturated heterocycles. The molecule has 0 amide bonds. The Balaban J connectivity index is 0.00000324. The zero-order valence-corrected chi connectivity index (χ0v) is 12.5. The molecule has 19 heavy (non-hydrogen) atoms. The average molecular weight is 288 g/mol. The lowest BCUT2D eigenvalue weighted by molar-refractivity contribution is 0.320. The van der Waals surface area contributed by atoms with Crippen molar-refractivity contribution in [1.29, 1.82) is 0 Å². The summed E-state index contributed by atoms with van der Waals surface area (Å²) in [6.07, 6.45) is 3.53. The van der Waals surface area contributed by atoms with Gasteiger partial charge in [0.15, 0.2) is 11.5 Å². The summed E-state index contributed by atoms with van der Waals surface area (Å²) in [7, 11) is 4.77. The first-order valence-corrected chi connectivity index (χ1v) is 5.84. The normalized spacial score (nSPS) is 11.2. The van der Waals surface area contributed by atoms with Crippen molar-refractivity contribution in [3.63, 3.8) is 0 Å². The number of hydrogen-bond donors (Lipinski definition) is 1. The fourth-order valence-corrected chi connectivity index (χ4v) is 1.87. The molecule has 1 rings (SSSR count). The fourth-order valence-electron chi connectivity index (χ4n) is 1.87. The summed E-state index contributed by atoms with van der Waals surface area (Å²) in [5.41, 5.74) is 7.06. The number of halogens is 1. The molecular weight excluding hydrogens is 266 g/mol. The van der Waals surface area contributed by atoms with Crippen molar-refractivity contribution in [3.8, 4) is 17.2 Å². The Morgan fingerprint density at radius 3 is 2.26 bits per heavy atom. The average Bonchev–Trinajstić information content (AvgIpc) is 2.42. The largest absolute Gasteiger partial charge is 0.493 e. The summed E-state index contributed by atoms with van der Waals surface area (Å²) in [6.45, 7) is 3.70. The van der Waals surface area contributed by atoms with Gasteiger partial charge >= 0.3 is 0 Å². The molecule has 5 heteroatoms. The Labute approximate surface area is 120 Å². The quantitative estimate of drug-likeness (QED) is 0.783. The van der Waals surface area contributed by atoms with Gasteiger partial charge in [-0.3, -0.25) is 0 Å². The molecule has 0 spiro atoms. The van der Waals surface area contributed by atoms with Crippen molar-refractivity contribution in [1.82, 2.24) is 0 Å². The Bertz CT molecular complexity index is 410. The van der Waals surface area contributed by atoms with Crippen molar-refractivity contribution in [2.75, 3.05) is 21.3 Å². The summed E-state index contributed by atoms with van der Waals surface area (Å²) < 4.78 is 16.0. The van der Waals surface area contributed by atoms with Crippen LogP contribution in [0.5, 0.6) is 17.2 Å². The molecule has 1 aromatic carbocycles. The van der Waals surface area contributed by atoms with Crippen LogP contribution in [-0.4, -0.2) is 21.3 Å². The zero-order chi connectivity index (χ0) is 13.5. The highest BCUT2D eigenvalue weighted by Gasteiger charge is 2.19. The summed E-state index contributed by atoms with van der Waals surface area (Å²) in [5.74, 6) is 1.84. The molecule has 108 valence electrons. The van der Waals surface area contributed by atoms with Gasteiger partial charge in [-0.15, -0.1) is 19.0 Å². The molecule has 2 N–H and O–H groups in total. The molecule has 4 nitrogen and oxygen atoms in total. The molecule has 0 fully saturated rings. The molecule has 0 aliphatic heterocycles. The highest BCUT2D eigenvalue weighted by molar-refractivity contribution is 5.85. The maximum absolute atomic E-state index is 6.15. The molecule has 0 bridgehead atoms. The van der Waals surface area contributed by atoms with Crippen molar-refractivity contribution in [2.24, 2.45) is 5.73 Å². The molecule has 0 aromatic heterocycles. The number of ether oxygens (including phenoxy) is 3. The number of benzene rings is 1. The zero-order valence-electron chi connectivity index (χ0n) is 11.6. The van der Waals surface area contributed by atoms with E-state index < -0.39 is 0 Å². The predicted octanol–water partition coefficient (Wildman–Crippen LogP) is 3.10. The Morgan fingerprint density at radius 1 is 1.16 bits per heavy atom. The number of rotatable bonds is 7. The first-order chi connectivity index (χ1) is 8.69. The van der Waals surface area contributed by atoms with Gasteiger partial charge < -0.3 is 19.9 Å². The van der Waals surface area contributed by atoms with Crippen molar-refractivity contribution in [3.05, 3.63) is 30.4 Å². The van der Waals surface area contributed by atoms with E-state index in [-0.39, 0.29) is 18.4 Å².